The lowest BCUT2D eigenvalue weighted by atomic mass is 10.0. The van der Waals surface area contributed by atoms with Crippen LogP contribution in [0.5, 0.6) is 0 Å². The summed E-state index contributed by atoms with van der Waals surface area (Å²) < 4.78 is 0.289. The number of quaternary nitrogens is 1. The van der Waals surface area contributed by atoms with Crippen LogP contribution in [0.15, 0.2) is 12.2 Å². The number of primary amides is 1. The van der Waals surface area contributed by atoms with Gasteiger partial charge in [-0.2, -0.15) is 0 Å². The highest BCUT2D eigenvalue weighted by Crippen LogP contribution is 2.12. The summed E-state index contributed by atoms with van der Waals surface area (Å²) in [4.78, 5) is 23.1. The van der Waals surface area contributed by atoms with E-state index in [1.165, 1.54) is 0 Å². The Kier molecular flexibility index (Phi) is 4.68. The third-order valence-corrected chi connectivity index (χ3v) is 2.44. The molecule has 1 unspecified atom stereocenters. The van der Waals surface area contributed by atoms with E-state index < -0.39 is 11.9 Å². The fourth-order valence-electron chi connectivity index (χ4n) is 1.73. The first-order valence-electron chi connectivity index (χ1n) is 5.05. The average molecular weight is 213 g/mol. The Balaban J connectivity index is 5.05. The summed E-state index contributed by atoms with van der Waals surface area (Å²) in [5.74, 6) is -0.845. The van der Waals surface area contributed by atoms with Crippen LogP contribution in [0.25, 0.3) is 0 Å². The quantitative estimate of drug-likeness (QED) is 0.396. The van der Waals surface area contributed by atoms with Crippen LogP contribution in [-0.2, 0) is 9.59 Å². The zero-order valence-corrected chi connectivity index (χ0v) is 10.0. The predicted octanol–water partition coefficient (Wildman–Crippen LogP) is 0.472. The SMILES string of the molecule is C=C(C)C(=O)C(C(N)=O)[N+](C)(C)CCC. The fourth-order valence-corrected chi connectivity index (χ4v) is 1.73. The molecule has 2 N–H and O–H groups in total. The molecule has 0 bridgehead atoms. The van der Waals surface area contributed by atoms with Gasteiger partial charge in [0.1, 0.15) is 0 Å². The molecule has 0 aromatic carbocycles. The van der Waals surface area contributed by atoms with E-state index in [1.807, 2.05) is 21.0 Å². The maximum Gasteiger partial charge on any atom is 0.284 e. The minimum Gasteiger partial charge on any atom is -0.364 e. The Morgan fingerprint density at radius 1 is 1.40 bits per heavy atom. The summed E-state index contributed by atoms with van der Waals surface area (Å²) in [5.41, 5.74) is 5.65. The second-order valence-electron chi connectivity index (χ2n) is 4.45. The molecule has 0 aliphatic rings. The molecule has 1 atom stereocenters. The highest BCUT2D eigenvalue weighted by Gasteiger charge is 2.39. The number of rotatable bonds is 6. The largest absolute Gasteiger partial charge is 0.364 e. The molecular formula is C11H21N2O2+. The predicted molar refractivity (Wildman–Crippen MR) is 60.1 cm³/mol. The molecule has 0 heterocycles. The lowest BCUT2D eigenvalue weighted by molar-refractivity contribution is -0.896. The summed E-state index contributed by atoms with van der Waals surface area (Å²) >= 11 is 0. The van der Waals surface area contributed by atoms with E-state index in [9.17, 15) is 9.59 Å². The van der Waals surface area contributed by atoms with Gasteiger partial charge in [-0.05, 0) is 18.9 Å². The summed E-state index contributed by atoms with van der Waals surface area (Å²) in [7, 11) is 3.67. The maximum absolute atomic E-state index is 11.8. The Labute approximate surface area is 91.3 Å². The van der Waals surface area contributed by atoms with Gasteiger partial charge >= 0.3 is 0 Å². The van der Waals surface area contributed by atoms with Gasteiger partial charge < -0.3 is 10.2 Å². The van der Waals surface area contributed by atoms with Crippen molar-refractivity contribution in [2.45, 2.75) is 26.3 Å². The second kappa shape index (κ2) is 5.07. The lowest BCUT2D eigenvalue weighted by Gasteiger charge is -2.34. The van der Waals surface area contributed by atoms with Crippen molar-refractivity contribution in [3.8, 4) is 0 Å². The van der Waals surface area contributed by atoms with E-state index in [-0.39, 0.29) is 10.3 Å². The van der Waals surface area contributed by atoms with Crippen LogP contribution in [0.4, 0.5) is 0 Å². The first-order valence-corrected chi connectivity index (χ1v) is 5.05. The molecule has 0 rings (SSSR count). The third-order valence-electron chi connectivity index (χ3n) is 2.44. The summed E-state index contributed by atoms with van der Waals surface area (Å²) in [6.07, 6.45) is 0.889. The first kappa shape index (κ1) is 13.8. The molecule has 0 radical (unpaired) electrons. The molecule has 86 valence electrons. The Hall–Kier alpha value is -1.16. The van der Waals surface area contributed by atoms with E-state index in [2.05, 4.69) is 6.58 Å². The van der Waals surface area contributed by atoms with Gasteiger partial charge in [-0.25, -0.2) is 0 Å². The number of carbonyl (C=O) groups excluding carboxylic acids is 2. The highest BCUT2D eigenvalue weighted by molar-refractivity contribution is 6.11. The zero-order valence-electron chi connectivity index (χ0n) is 10.0. The van der Waals surface area contributed by atoms with Crippen molar-refractivity contribution in [1.29, 1.82) is 0 Å². The fraction of sp³-hybridized carbons (Fsp3) is 0.636. The summed E-state index contributed by atoms with van der Waals surface area (Å²) in [5, 5.41) is 0. The molecule has 0 fully saturated rings. The molecule has 1 amide bonds. The van der Waals surface area contributed by atoms with Gasteiger partial charge in [-0.15, -0.1) is 0 Å². The minimum atomic E-state index is -0.817. The van der Waals surface area contributed by atoms with E-state index >= 15 is 0 Å². The molecule has 0 saturated carbocycles. The number of carbonyl (C=O) groups is 2. The van der Waals surface area contributed by atoms with Gasteiger partial charge in [0.2, 0.25) is 11.8 Å². The van der Waals surface area contributed by atoms with Crippen molar-refractivity contribution in [2.24, 2.45) is 5.73 Å². The summed E-state index contributed by atoms with van der Waals surface area (Å²) in [6, 6.07) is -0.817. The molecule has 4 nitrogen and oxygen atoms in total. The van der Waals surface area contributed by atoms with Crippen molar-refractivity contribution in [3.05, 3.63) is 12.2 Å². The van der Waals surface area contributed by atoms with Crippen molar-refractivity contribution in [3.63, 3.8) is 0 Å². The monoisotopic (exact) mass is 213 g/mol. The zero-order chi connectivity index (χ0) is 12.2. The van der Waals surface area contributed by atoms with Crippen molar-refractivity contribution >= 4 is 11.7 Å². The standard InChI is InChI=1S/C11H20N2O2/c1-6-7-13(4,5)9(11(12)15)10(14)8(2)3/h9H,2,6-7H2,1,3-5H3,(H-,12,15)/p+1. The molecule has 0 aliphatic heterocycles. The number of hydrogen-bond donors (Lipinski definition) is 1. The van der Waals surface area contributed by atoms with E-state index in [0.29, 0.717) is 5.57 Å². The van der Waals surface area contributed by atoms with Crippen LogP contribution in [-0.4, -0.2) is 42.9 Å². The van der Waals surface area contributed by atoms with Gasteiger partial charge in [-0.3, -0.25) is 9.59 Å². The smallest absolute Gasteiger partial charge is 0.284 e. The van der Waals surface area contributed by atoms with Crippen LogP contribution in [0.2, 0.25) is 0 Å². The Morgan fingerprint density at radius 2 is 1.87 bits per heavy atom. The molecule has 0 aromatic rings. The Bertz CT molecular complexity index is 282. The molecule has 0 aliphatic carbocycles. The van der Waals surface area contributed by atoms with E-state index in [0.717, 1.165) is 13.0 Å². The number of Topliss-reactive ketones (excluding diaryl/α,β-unsaturated/α-hetero) is 1. The van der Waals surface area contributed by atoms with Crippen molar-refractivity contribution < 1.29 is 14.1 Å². The first-order chi connectivity index (χ1) is 6.74. The van der Waals surface area contributed by atoms with Crippen LogP contribution >= 0.6 is 0 Å². The second-order valence-corrected chi connectivity index (χ2v) is 4.45. The van der Waals surface area contributed by atoms with Gasteiger partial charge in [-0.1, -0.05) is 13.5 Å². The van der Waals surface area contributed by atoms with Crippen LogP contribution in [0.1, 0.15) is 20.3 Å². The summed E-state index contributed by atoms with van der Waals surface area (Å²) in [6.45, 7) is 7.90. The molecule has 0 spiro atoms. The average Bonchev–Trinajstić information content (AvgIpc) is 2.01. The van der Waals surface area contributed by atoms with Gasteiger partial charge in [0, 0.05) is 0 Å². The number of hydrogen-bond acceptors (Lipinski definition) is 2. The number of nitrogens with zero attached hydrogens (tertiary/aromatic N) is 1. The lowest BCUT2D eigenvalue weighted by Crippen LogP contribution is -2.59. The molecule has 0 aromatic heterocycles. The molecular weight excluding hydrogens is 192 g/mol. The van der Waals surface area contributed by atoms with Crippen molar-refractivity contribution in [1.82, 2.24) is 0 Å². The van der Waals surface area contributed by atoms with E-state index in [1.54, 1.807) is 6.92 Å². The number of amides is 1. The minimum absolute atomic E-state index is 0.263. The molecule has 4 heteroatoms. The van der Waals surface area contributed by atoms with E-state index in [4.69, 9.17) is 5.73 Å². The van der Waals surface area contributed by atoms with Crippen molar-refractivity contribution in [2.75, 3.05) is 20.6 Å². The molecule has 0 saturated heterocycles. The van der Waals surface area contributed by atoms with Gasteiger partial charge in [0.25, 0.3) is 5.91 Å². The van der Waals surface area contributed by atoms with Crippen LogP contribution in [0.3, 0.4) is 0 Å². The third kappa shape index (κ3) is 3.47. The Morgan fingerprint density at radius 3 is 2.13 bits per heavy atom. The number of nitrogens with two attached hydrogens (primary N) is 1. The molecule has 15 heavy (non-hydrogen) atoms. The normalized spacial score (nSPS) is 13.3. The maximum atomic E-state index is 11.8. The highest BCUT2D eigenvalue weighted by atomic mass is 16.2. The number of likely N-dealkylation sites (N-methyl/N-ethyl adjacent to an activating group) is 1. The van der Waals surface area contributed by atoms with Gasteiger partial charge in [0.05, 0.1) is 20.6 Å². The number of ketones is 1. The van der Waals surface area contributed by atoms with Gasteiger partial charge in [0.15, 0.2) is 0 Å². The van der Waals surface area contributed by atoms with Crippen LogP contribution < -0.4 is 5.73 Å². The topological polar surface area (TPSA) is 60.2 Å². The van der Waals surface area contributed by atoms with Crippen LogP contribution in [0, 0.1) is 0 Å².